The van der Waals surface area contributed by atoms with Crippen LogP contribution in [0.5, 0.6) is 0 Å². The van der Waals surface area contributed by atoms with Gasteiger partial charge in [-0.25, -0.2) is 9.97 Å². The van der Waals surface area contributed by atoms with E-state index in [0.29, 0.717) is 5.82 Å². The van der Waals surface area contributed by atoms with Crippen molar-refractivity contribution >= 4 is 0 Å². The molecule has 0 radical (unpaired) electrons. The van der Waals surface area contributed by atoms with Gasteiger partial charge < -0.3 is 0 Å². The van der Waals surface area contributed by atoms with Crippen LogP contribution in [-0.2, 0) is 0 Å². The molecule has 0 saturated carbocycles. The summed E-state index contributed by atoms with van der Waals surface area (Å²) >= 11 is 0. The molecule has 0 aliphatic rings. The predicted octanol–water partition coefficient (Wildman–Crippen LogP) is 14.3. The van der Waals surface area contributed by atoms with Crippen molar-refractivity contribution in [3.8, 4) is 101 Å². The highest BCUT2D eigenvalue weighted by atomic mass is 14.9. The van der Waals surface area contributed by atoms with E-state index in [1.807, 2.05) is 91.5 Å². The number of hydrogen-bond donors (Lipinski definition) is 0. The van der Waals surface area contributed by atoms with Crippen LogP contribution in [0.25, 0.3) is 101 Å². The Kier molecular flexibility index (Phi) is 9.92. The minimum Gasteiger partial charge on any atom is -0.256 e. The second-order valence-corrected chi connectivity index (χ2v) is 14.7. The summed E-state index contributed by atoms with van der Waals surface area (Å²) in [7, 11) is 0. The molecule has 4 nitrogen and oxygen atoms in total. The molecule has 10 aromatic rings. The van der Waals surface area contributed by atoms with E-state index in [-0.39, 0.29) is 0 Å². The number of pyridine rings is 2. The van der Waals surface area contributed by atoms with Crippen molar-refractivity contribution in [2.45, 2.75) is 0 Å². The van der Waals surface area contributed by atoms with Crippen LogP contribution < -0.4 is 0 Å². The van der Waals surface area contributed by atoms with Gasteiger partial charge in [0, 0.05) is 58.2 Å². The highest BCUT2D eigenvalue weighted by molar-refractivity contribution is 5.94. The fraction of sp³-hybridized carbons (Fsp3) is 0. The molecule has 0 bridgehead atoms. The Balaban J connectivity index is 1.12. The van der Waals surface area contributed by atoms with Gasteiger partial charge in [0.25, 0.3) is 0 Å². The lowest BCUT2D eigenvalue weighted by atomic mass is 9.86. The standard InChI is InChI=1S/C56H38N4/c1-4-16-39(17-5-1)54-30-28-42(35-57-54)48-22-10-12-24-50(48)44-32-45(51-25-13-11-23-49(51)43-29-31-55(58-36-43)40-18-6-2-7-19-40)34-46(33-44)52-26-14-15-27-53(52)47-37-59-56(60-38-47)41-20-8-3-9-21-41/h1-38H. The van der Waals surface area contributed by atoms with E-state index in [0.717, 1.165) is 94.8 Å². The fourth-order valence-corrected chi connectivity index (χ4v) is 7.92. The Bertz CT molecular complexity index is 2690. The number of rotatable bonds is 9. The van der Waals surface area contributed by atoms with Crippen molar-refractivity contribution in [1.29, 1.82) is 0 Å². The molecule has 3 aromatic heterocycles. The lowest BCUT2D eigenvalue weighted by Gasteiger charge is -2.18. The first-order valence-electron chi connectivity index (χ1n) is 20.1. The van der Waals surface area contributed by atoms with Crippen LogP contribution in [0.15, 0.2) is 231 Å². The van der Waals surface area contributed by atoms with Crippen LogP contribution in [0, 0.1) is 0 Å². The third-order valence-electron chi connectivity index (χ3n) is 10.9. The van der Waals surface area contributed by atoms with Gasteiger partial charge >= 0.3 is 0 Å². The number of nitrogens with zero attached hydrogens (tertiary/aromatic N) is 4. The van der Waals surface area contributed by atoms with E-state index < -0.39 is 0 Å². The number of aromatic nitrogens is 4. The quantitative estimate of drug-likeness (QED) is 0.147. The predicted molar refractivity (Wildman–Crippen MR) is 247 cm³/mol. The molecule has 0 amide bonds. The van der Waals surface area contributed by atoms with E-state index in [1.54, 1.807) is 0 Å². The Morgan fingerprint density at radius 3 is 0.850 bits per heavy atom. The molecule has 0 fully saturated rings. The number of benzene rings is 7. The Morgan fingerprint density at radius 2 is 0.500 bits per heavy atom. The molecule has 0 aliphatic heterocycles. The fourth-order valence-electron chi connectivity index (χ4n) is 7.92. The van der Waals surface area contributed by atoms with Gasteiger partial charge in [0.1, 0.15) is 0 Å². The Morgan fingerprint density at radius 1 is 0.200 bits per heavy atom. The summed E-state index contributed by atoms with van der Waals surface area (Å²) in [5.74, 6) is 0.701. The largest absolute Gasteiger partial charge is 0.256 e. The van der Waals surface area contributed by atoms with Crippen LogP contribution in [0.2, 0.25) is 0 Å². The molecule has 10 rings (SSSR count). The van der Waals surface area contributed by atoms with Gasteiger partial charge in [0.15, 0.2) is 5.82 Å². The summed E-state index contributed by atoms with van der Waals surface area (Å²) in [5.41, 5.74) is 18.0. The zero-order chi connectivity index (χ0) is 40.1. The molecule has 3 heterocycles. The minimum absolute atomic E-state index is 0.701. The monoisotopic (exact) mass is 766 g/mol. The average Bonchev–Trinajstić information content (AvgIpc) is 3.35. The normalized spacial score (nSPS) is 11.0. The molecule has 0 N–H and O–H groups in total. The lowest BCUT2D eigenvalue weighted by Crippen LogP contribution is -1.94. The molecule has 0 aliphatic carbocycles. The van der Waals surface area contributed by atoms with E-state index in [1.165, 1.54) is 0 Å². The van der Waals surface area contributed by atoms with Gasteiger partial charge in [-0.3, -0.25) is 9.97 Å². The zero-order valence-electron chi connectivity index (χ0n) is 32.7. The topological polar surface area (TPSA) is 51.6 Å². The second-order valence-electron chi connectivity index (χ2n) is 14.7. The molecule has 0 saturated heterocycles. The van der Waals surface area contributed by atoms with E-state index >= 15 is 0 Å². The maximum absolute atomic E-state index is 4.91. The highest BCUT2D eigenvalue weighted by Crippen LogP contribution is 2.42. The van der Waals surface area contributed by atoms with Crippen molar-refractivity contribution in [2.24, 2.45) is 0 Å². The summed E-state index contributed by atoms with van der Waals surface area (Å²) in [4.78, 5) is 19.4. The van der Waals surface area contributed by atoms with E-state index in [9.17, 15) is 0 Å². The summed E-state index contributed by atoms with van der Waals surface area (Å²) in [5, 5.41) is 0. The van der Waals surface area contributed by atoms with Crippen molar-refractivity contribution < 1.29 is 0 Å². The first-order valence-corrected chi connectivity index (χ1v) is 20.1. The summed E-state index contributed by atoms with van der Waals surface area (Å²) < 4.78 is 0. The van der Waals surface area contributed by atoms with Crippen molar-refractivity contribution in [2.75, 3.05) is 0 Å². The van der Waals surface area contributed by atoms with Crippen molar-refractivity contribution in [3.63, 3.8) is 0 Å². The molecule has 0 atom stereocenters. The molecule has 60 heavy (non-hydrogen) atoms. The molecule has 4 heteroatoms. The van der Waals surface area contributed by atoms with Crippen LogP contribution >= 0.6 is 0 Å². The smallest absolute Gasteiger partial charge is 0.159 e. The van der Waals surface area contributed by atoms with Gasteiger partial charge in [-0.15, -0.1) is 0 Å². The third-order valence-corrected chi connectivity index (χ3v) is 10.9. The maximum atomic E-state index is 4.91. The summed E-state index contributed by atoms with van der Waals surface area (Å²) in [6.07, 6.45) is 7.84. The molecule has 282 valence electrons. The zero-order valence-corrected chi connectivity index (χ0v) is 32.7. The molecule has 0 spiro atoms. The van der Waals surface area contributed by atoms with Gasteiger partial charge in [0.05, 0.1) is 11.4 Å². The Hall–Kier alpha value is -8.08. The Labute approximate surface area is 350 Å². The first kappa shape index (κ1) is 36.3. The van der Waals surface area contributed by atoms with Crippen LogP contribution in [0.4, 0.5) is 0 Å². The van der Waals surface area contributed by atoms with Gasteiger partial charge in [-0.2, -0.15) is 0 Å². The van der Waals surface area contributed by atoms with Crippen molar-refractivity contribution in [3.05, 3.63) is 231 Å². The van der Waals surface area contributed by atoms with E-state index in [4.69, 9.17) is 19.9 Å². The lowest BCUT2D eigenvalue weighted by molar-refractivity contribution is 1.18. The summed E-state index contributed by atoms with van der Waals surface area (Å²) in [6, 6.07) is 72.0. The maximum Gasteiger partial charge on any atom is 0.159 e. The first-order chi connectivity index (χ1) is 29.7. The highest BCUT2D eigenvalue weighted by Gasteiger charge is 2.17. The van der Waals surface area contributed by atoms with Crippen LogP contribution in [0.1, 0.15) is 0 Å². The third kappa shape index (κ3) is 7.42. The van der Waals surface area contributed by atoms with Crippen molar-refractivity contribution in [1.82, 2.24) is 19.9 Å². The minimum atomic E-state index is 0.701. The van der Waals surface area contributed by atoms with Gasteiger partial charge in [0.2, 0.25) is 0 Å². The second kappa shape index (κ2) is 16.4. The molecule has 7 aromatic carbocycles. The molecule has 0 unspecified atom stereocenters. The van der Waals surface area contributed by atoms with Crippen LogP contribution in [-0.4, -0.2) is 19.9 Å². The SMILES string of the molecule is c1ccc(-c2ccc(-c3ccccc3-c3cc(-c4ccccc4-c4ccc(-c5ccccc5)nc4)cc(-c4ccccc4-c4cnc(-c5ccccc5)nc4)c3)cn2)cc1. The van der Waals surface area contributed by atoms with Gasteiger partial charge in [-0.1, -0.05) is 176 Å². The average molecular weight is 767 g/mol. The molecular weight excluding hydrogens is 729 g/mol. The number of hydrogen-bond acceptors (Lipinski definition) is 4. The summed E-state index contributed by atoms with van der Waals surface area (Å²) in [6.45, 7) is 0. The van der Waals surface area contributed by atoms with E-state index in [2.05, 4.69) is 140 Å². The molecular formula is C56H38N4. The van der Waals surface area contributed by atoms with Gasteiger partial charge in [-0.05, 0) is 80.4 Å². The van der Waals surface area contributed by atoms with Crippen LogP contribution in [0.3, 0.4) is 0 Å².